The number of hydrogen-bond donors (Lipinski definition) is 2. The summed E-state index contributed by atoms with van der Waals surface area (Å²) in [4.78, 5) is 10.6. The van der Waals surface area contributed by atoms with Crippen LogP contribution in [-0.2, 0) is 0 Å². The molecule has 1 atom stereocenters. The van der Waals surface area contributed by atoms with E-state index in [4.69, 9.17) is 11.5 Å². The van der Waals surface area contributed by atoms with E-state index in [0.717, 1.165) is 6.07 Å². The summed E-state index contributed by atoms with van der Waals surface area (Å²) in [6, 6.07) is 3.66. The van der Waals surface area contributed by atoms with Gasteiger partial charge in [0.2, 0.25) is 0 Å². The number of benzene rings is 1. The molecular formula is C12H12FNO2. The summed E-state index contributed by atoms with van der Waals surface area (Å²) in [6.45, 7) is 1.82. The summed E-state index contributed by atoms with van der Waals surface area (Å²) in [5.74, 6) is 0.713. The minimum Gasteiger partial charge on any atom is -0.478 e. The van der Waals surface area contributed by atoms with Crippen molar-refractivity contribution >= 4 is 11.7 Å². The Morgan fingerprint density at radius 2 is 2.38 bits per heavy atom. The van der Waals surface area contributed by atoms with Crippen LogP contribution >= 0.6 is 0 Å². The highest BCUT2D eigenvalue weighted by Crippen LogP contribution is 2.17. The molecule has 3 nitrogen and oxygen atoms in total. The van der Waals surface area contributed by atoms with Crippen LogP contribution < -0.4 is 5.32 Å². The molecule has 1 aromatic rings. The van der Waals surface area contributed by atoms with E-state index >= 15 is 0 Å². The van der Waals surface area contributed by atoms with Crippen LogP contribution in [-0.4, -0.2) is 17.1 Å². The van der Waals surface area contributed by atoms with Gasteiger partial charge in [-0.2, -0.15) is 0 Å². The standard InChI is InChI=1S/C12H12FNO2/c1-3-4-8(2)14-11-6-5-9(12(15)16)7-10(11)13/h1,5-8,14H,4H2,2H3,(H,15,16). The van der Waals surface area contributed by atoms with Gasteiger partial charge in [0.1, 0.15) is 5.82 Å². The van der Waals surface area contributed by atoms with Crippen molar-refractivity contribution in [3.8, 4) is 12.3 Å². The van der Waals surface area contributed by atoms with E-state index in [1.165, 1.54) is 12.1 Å². The highest BCUT2D eigenvalue weighted by Gasteiger charge is 2.09. The van der Waals surface area contributed by atoms with Crippen LogP contribution in [0.25, 0.3) is 0 Å². The van der Waals surface area contributed by atoms with Gasteiger partial charge >= 0.3 is 5.97 Å². The lowest BCUT2D eigenvalue weighted by atomic mass is 10.1. The molecule has 0 spiro atoms. The third kappa shape index (κ3) is 2.99. The predicted molar refractivity (Wildman–Crippen MR) is 59.9 cm³/mol. The van der Waals surface area contributed by atoms with Crippen molar-refractivity contribution in [3.63, 3.8) is 0 Å². The Morgan fingerprint density at radius 3 is 2.88 bits per heavy atom. The number of carboxylic acids is 1. The second kappa shape index (κ2) is 5.17. The fourth-order valence-electron chi connectivity index (χ4n) is 1.26. The normalized spacial score (nSPS) is 11.6. The number of rotatable bonds is 4. The van der Waals surface area contributed by atoms with Crippen LogP contribution in [0.5, 0.6) is 0 Å². The highest BCUT2D eigenvalue weighted by atomic mass is 19.1. The number of anilines is 1. The molecule has 0 saturated carbocycles. The van der Waals surface area contributed by atoms with Gasteiger partial charge in [-0.15, -0.1) is 12.3 Å². The van der Waals surface area contributed by atoms with Crippen molar-refractivity contribution in [2.75, 3.05) is 5.32 Å². The summed E-state index contributed by atoms with van der Waals surface area (Å²) in [5.41, 5.74) is 0.181. The average Bonchev–Trinajstić information content (AvgIpc) is 2.21. The van der Waals surface area contributed by atoms with Gasteiger partial charge in [-0.05, 0) is 25.1 Å². The molecule has 0 radical (unpaired) electrons. The second-order valence-electron chi connectivity index (χ2n) is 3.45. The fourth-order valence-corrected chi connectivity index (χ4v) is 1.26. The summed E-state index contributed by atoms with van der Waals surface area (Å²) in [5, 5.41) is 11.5. The molecule has 0 aliphatic heterocycles. The van der Waals surface area contributed by atoms with Crippen molar-refractivity contribution in [3.05, 3.63) is 29.6 Å². The molecule has 1 rings (SSSR count). The van der Waals surface area contributed by atoms with Crippen LogP contribution in [0.15, 0.2) is 18.2 Å². The quantitative estimate of drug-likeness (QED) is 0.767. The minimum atomic E-state index is -1.15. The van der Waals surface area contributed by atoms with Gasteiger partial charge in [-0.25, -0.2) is 9.18 Å². The Bertz CT molecular complexity index is 437. The first-order valence-corrected chi connectivity index (χ1v) is 4.77. The van der Waals surface area contributed by atoms with Crippen molar-refractivity contribution in [2.45, 2.75) is 19.4 Å². The van der Waals surface area contributed by atoms with Crippen LogP contribution in [0.1, 0.15) is 23.7 Å². The van der Waals surface area contributed by atoms with E-state index in [1.807, 2.05) is 6.92 Å². The van der Waals surface area contributed by atoms with Gasteiger partial charge in [-0.3, -0.25) is 0 Å². The zero-order valence-electron chi connectivity index (χ0n) is 8.83. The summed E-state index contributed by atoms with van der Waals surface area (Å²) < 4.78 is 13.4. The Balaban J connectivity index is 2.84. The molecule has 0 aliphatic carbocycles. The zero-order valence-corrected chi connectivity index (χ0v) is 8.83. The summed E-state index contributed by atoms with van der Waals surface area (Å²) in [7, 11) is 0. The average molecular weight is 221 g/mol. The number of aromatic carboxylic acids is 1. The van der Waals surface area contributed by atoms with Crippen molar-refractivity contribution in [2.24, 2.45) is 0 Å². The minimum absolute atomic E-state index is 0.0600. The second-order valence-corrected chi connectivity index (χ2v) is 3.45. The van der Waals surface area contributed by atoms with Gasteiger partial charge < -0.3 is 10.4 Å². The summed E-state index contributed by atoms with van der Waals surface area (Å²) in [6.07, 6.45) is 5.60. The van der Waals surface area contributed by atoms with E-state index in [2.05, 4.69) is 11.2 Å². The number of nitrogens with one attached hydrogen (secondary N) is 1. The lowest BCUT2D eigenvalue weighted by Gasteiger charge is -2.13. The molecule has 0 saturated heterocycles. The van der Waals surface area contributed by atoms with Crippen LogP contribution in [0.4, 0.5) is 10.1 Å². The number of terminal acetylenes is 1. The van der Waals surface area contributed by atoms with E-state index in [0.29, 0.717) is 6.42 Å². The van der Waals surface area contributed by atoms with Crippen LogP contribution in [0.3, 0.4) is 0 Å². The maximum absolute atomic E-state index is 13.4. The van der Waals surface area contributed by atoms with E-state index in [1.54, 1.807) is 0 Å². The SMILES string of the molecule is C#CCC(C)Nc1ccc(C(=O)O)cc1F. The largest absolute Gasteiger partial charge is 0.478 e. The monoisotopic (exact) mass is 221 g/mol. The Morgan fingerprint density at radius 1 is 1.69 bits per heavy atom. The number of carboxylic acid groups (broad SMARTS) is 1. The maximum atomic E-state index is 13.4. The molecule has 4 heteroatoms. The molecule has 0 aliphatic rings. The molecular weight excluding hydrogens is 209 g/mol. The lowest BCUT2D eigenvalue weighted by molar-refractivity contribution is 0.0696. The fraction of sp³-hybridized carbons (Fsp3) is 0.250. The van der Waals surface area contributed by atoms with Gasteiger partial charge in [0.15, 0.2) is 0 Å². The van der Waals surface area contributed by atoms with Gasteiger partial charge in [-0.1, -0.05) is 0 Å². The lowest BCUT2D eigenvalue weighted by Crippen LogP contribution is -2.15. The van der Waals surface area contributed by atoms with Crippen molar-refractivity contribution < 1.29 is 14.3 Å². The number of carbonyl (C=O) groups is 1. The van der Waals surface area contributed by atoms with Crippen LogP contribution in [0, 0.1) is 18.2 Å². The van der Waals surface area contributed by atoms with Crippen molar-refractivity contribution in [1.82, 2.24) is 0 Å². The van der Waals surface area contributed by atoms with E-state index in [9.17, 15) is 9.18 Å². The molecule has 0 fully saturated rings. The Hall–Kier alpha value is -2.02. The van der Waals surface area contributed by atoms with Crippen LogP contribution in [0.2, 0.25) is 0 Å². The maximum Gasteiger partial charge on any atom is 0.335 e. The van der Waals surface area contributed by atoms with Crippen molar-refractivity contribution in [1.29, 1.82) is 0 Å². The molecule has 0 amide bonds. The first kappa shape index (κ1) is 12.1. The Kier molecular flexibility index (Phi) is 3.90. The number of hydrogen-bond acceptors (Lipinski definition) is 2. The predicted octanol–water partition coefficient (Wildman–Crippen LogP) is 2.35. The molecule has 1 aromatic carbocycles. The molecule has 0 bridgehead atoms. The molecule has 2 N–H and O–H groups in total. The highest BCUT2D eigenvalue weighted by molar-refractivity contribution is 5.88. The Labute approximate surface area is 93.3 Å². The summed E-state index contributed by atoms with van der Waals surface area (Å²) >= 11 is 0. The molecule has 0 heterocycles. The smallest absolute Gasteiger partial charge is 0.335 e. The number of halogens is 1. The topological polar surface area (TPSA) is 49.3 Å². The first-order valence-electron chi connectivity index (χ1n) is 4.77. The molecule has 1 unspecified atom stereocenters. The van der Waals surface area contributed by atoms with Gasteiger partial charge in [0.05, 0.1) is 11.3 Å². The molecule has 0 aromatic heterocycles. The van der Waals surface area contributed by atoms with Gasteiger partial charge in [0.25, 0.3) is 0 Å². The molecule has 16 heavy (non-hydrogen) atoms. The third-order valence-electron chi connectivity index (χ3n) is 2.04. The molecule has 84 valence electrons. The van der Waals surface area contributed by atoms with E-state index in [-0.39, 0.29) is 17.3 Å². The van der Waals surface area contributed by atoms with E-state index < -0.39 is 11.8 Å². The first-order chi connectivity index (χ1) is 7.54. The zero-order chi connectivity index (χ0) is 12.1. The third-order valence-corrected chi connectivity index (χ3v) is 2.04. The van der Waals surface area contributed by atoms with Gasteiger partial charge in [0, 0.05) is 12.5 Å².